The van der Waals surface area contributed by atoms with Gasteiger partial charge >= 0.3 is 0 Å². The van der Waals surface area contributed by atoms with E-state index in [1.54, 1.807) is 6.07 Å². The third-order valence-electron chi connectivity index (χ3n) is 8.83. The minimum absolute atomic E-state index is 0.0273. The summed E-state index contributed by atoms with van der Waals surface area (Å²) in [5.74, 6) is -0.248. The van der Waals surface area contributed by atoms with E-state index < -0.39 is 24.0 Å². The summed E-state index contributed by atoms with van der Waals surface area (Å²) >= 11 is 7.58. The van der Waals surface area contributed by atoms with Crippen molar-refractivity contribution < 1.29 is 19.1 Å². The average Bonchev–Trinajstić information content (AvgIpc) is 3.71. The average molecular weight is 669 g/mol. The first-order valence-electron chi connectivity index (χ1n) is 16.3. The van der Waals surface area contributed by atoms with Crippen LogP contribution in [0.2, 0.25) is 5.02 Å². The normalized spacial score (nSPS) is 18.4. The first kappa shape index (κ1) is 34.1. The molecule has 46 heavy (non-hydrogen) atoms. The number of hydrogen-bond acceptors (Lipinski definition) is 8. The van der Waals surface area contributed by atoms with Crippen LogP contribution in [0.5, 0.6) is 5.75 Å². The molecule has 1 aliphatic carbocycles. The van der Waals surface area contributed by atoms with E-state index in [0.717, 1.165) is 71.6 Å². The van der Waals surface area contributed by atoms with Crippen LogP contribution >= 0.6 is 22.9 Å². The lowest BCUT2D eigenvalue weighted by Crippen LogP contribution is -2.58. The highest BCUT2D eigenvalue weighted by molar-refractivity contribution is 7.18. The summed E-state index contributed by atoms with van der Waals surface area (Å²) in [4.78, 5) is 47.8. The van der Waals surface area contributed by atoms with Gasteiger partial charge in [-0.15, -0.1) is 11.3 Å². The lowest BCUT2D eigenvalue weighted by Gasteiger charge is -2.30. The van der Waals surface area contributed by atoms with Crippen LogP contribution in [0.15, 0.2) is 42.5 Å². The van der Waals surface area contributed by atoms with Gasteiger partial charge in [0.05, 0.1) is 33.9 Å². The number of nitrogens with one attached hydrogen (secondary N) is 3. The van der Waals surface area contributed by atoms with Gasteiger partial charge in [-0.3, -0.25) is 14.4 Å². The molecular weight excluding hydrogens is 624 g/mol. The van der Waals surface area contributed by atoms with E-state index in [2.05, 4.69) is 25.8 Å². The number of nitrogens with two attached hydrogens (primary N) is 1. The first-order chi connectivity index (χ1) is 22.2. The molecule has 248 valence electrons. The predicted octanol–water partition coefficient (Wildman–Crippen LogP) is 4.35. The standard InChI is InChI=1S/C34H45ClN6O4S/c1-41(2)17-8-7-12-27(33(43)38-25-16-18-45-28-13-6-5-11-23(25)28)39-34(44)31(21-9-3-4-10-21)40-32(42)24(36)20-30-37-26-15-14-22(35)19-29(26)46-30/h5-6,11,13-15,19,21,24-25,27,31H,3-4,7-10,12,16-18,20,36H2,1-2H3,(H,38,43)(H,39,44)(H,40,42)/t24-,25+,27-,31-/m0/s1. The topological polar surface area (TPSA) is 139 Å². The highest BCUT2D eigenvalue weighted by Crippen LogP contribution is 2.32. The zero-order valence-corrected chi connectivity index (χ0v) is 28.2. The molecule has 12 heteroatoms. The lowest BCUT2D eigenvalue weighted by molar-refractivity contribution is -0.134. The van der Waals surface area contributed by atoms with E-state index in [-0.39, 0.29) is 30.2 Å². The summed E-state index contributed by atoms with van der Waals surface area (Å²) in [6, 6.07) is 10.6. The molecule has 1 aromatic heterocycles. The number of halogens is 1. The van der Waals surface area contributed by atoms with Gasteiger partial charge in [0.1, 0.15) is 17.8 Å². The van der Waals surface area contributed by atoms with Crippen molar-refractivity contribution in [2.24, 2.45) is 11.7 Å². The van der Waals surface area contributed by atoms with Crippen LogP contribution in [0.25, 0.3) is 10.2 Å². The van der Waals surface area contributed by atoms with Crippen molar-refractivity contribution in [1.82, 2.24) is 25.8 Å². The number of amides is 3. The monoisotopic (exact) mass is 668 g/mol. The van der Waals surface area contributed by atoms with Crippen molar-refractivity contribution in [1.29, 1.82) is 0 Å². The van der Waals surface area contributed by atoms with Crippen molar-refractivity contribution in [3.8, 4) is 5.75 Å². The van der Waals surface area contributed by atoms with Crippen LogP contribution in [-0.4, -0.2) is 73.0 Å². The van der Waals surface area contributed by atoms with Crippen LogP contribution in [0, 0.1) is 5.92 Å². The number of aromatic nitrogens is 1. The Morgan fingerprint density at radius 1 is 1.04 bits per heavy atom. The van der Waals surface area contributed by atoms with Crippen molar-refractivity contribution >= 4 is 50.9 Å². The molecule has 1 fully saturated rings. The summed E-state index contributed by atoms with van der Waals surface area (Å²) in [6.07, 6.45) is 6.65. The van der Waals surface area contributed by atoms with Crippen molar-refractivity contribution in [2.75, 3.05) is 27.2 Å². The Morgan fingerprint density at radius 2 is 1.83 bits per heavy atom. The summed E-state index contributed by atoms with van der Waals surface area (Å²) in [6.45, 7) is 1.39. The van der Waals surface area contributed by atoms with Gasteiger partial charge < -0.3 is 31.3 Å². The molecule has 10 nitrogen and oxygen atoms in total. The number of thiazole rings is 1. The molecule has 1 saturated carbocycles. The maximum absolute atomic E-state index is 13.9. The molecule has 2 aromatic carbocycles. The predicted molar refractivity (Wildman–Crippen MR) is 182 cm³/mol. The highest BCUT2D eigenvalue weighted by atomic mass is 35.5. The molecule has 2 heterocycles. The number of carbonyl (C=O) groups excluding carboxylic acids is 3. The molecule has 0 spiro atoms. The fraction of sp³-hybridized carbons (Fsp3) is 0.529. The van der Waals surface area contributed by atoms with Gasteiger partial charge in [0.2, 0.25) is 17.7 Å². The van der Waals surface area contributed by atoms with Crippen LogP contribution in [-0.2, 0) is 20.8 Å². The minimum Gasteiger partial charge on any atom is -0.493 e. The first-order valence-corrected chi connectivity index (χ1v) is 17.5. The molecule has 4 atom stereocenters. The Morgan fingerprint density at radius 3 is 2.61 bits per heavy atom. The van der Waals surface area contributed by atoms with E-state index in [9.17, 15) is 14.4 Å². The molecule has 0 unspecified atom stereocenters. The number of unbranched alkanes of at least 4 members (excludes halogenated alkanes) is 1. The second-order valence-corrected chi connectivity index (χ2v) is 14.2. The molecule has 5 N–H and O–H groups in total. The Kier molecular flexibility index (Phi) is 11.9. The van der Waals surface area contributed by atoms with Crippen molar-refractivity contribution in [3.05, 3.63) is 58.1 Å². The molecule has 0 radical (unpaired) electrons. The third kappa shape index (κ3) is 8.96. The molecule has 3 aromatic rings. The number of benzene rings is 2. The van der Waals surface area contributed by atoms with E-state index in [0.29, 0.717) is 24.5 Å². The van der Waals surface area contributed by atoms with Gasteiger partial charge in [-0.1, -0.05) is 42.6 Å². The lowest BCUT2D eigenvalue weighted by atomic mass is 9.95. The van der Waals surface area contributed by atoms with Gasteiger partial charge in [-0.05, 0) is 82.9 Å². The number of para-hydroxylation sites is 1. The van der Waals surface area contributed by atoms with Crippen molar-refractivity contribution in [3.63, 3.8) is 0 Å². The zero-order chi connectivity index (χ0) is 32.6. The molecule has 3 amide bonds. The van der Waals surface area contributed by atoms with Crippen LogP contribution in [0.3, 0.4) is 0 Å². The molecule has 1 aliphatic heterocycles. The zero-order valence-electron chi connectivity index (χ0n) is 26.6. The summed E-state index contributed by atoms with van der Waals surface area (Å²) in [7, 11) is 4.03. The highest BCUT2D eigenvalue weighted by Gasteiger charge is 2.36. The summed E-state index contributed by atoms with van der Waals surface area (Å²) < 4.78 is 6.71. The smallest absolute Gasteiger partial charge is 0.243 e. The fourth-order valence-electron chi connectivity index (χ4n) is 6.33. The summed E-state index contributed by atoms with van der Waals surface area (Å²) in [5, 5.41) is 10.5. The van der Waals surface area contributed by atoms with Crippen molar-refractivity contribution in [2.45, 2.75) is 82.0 Å². The third-order valence-corrected chi connectivity index (χ3v) is 10.1. The van der Waals surface area contributed by atoms with Gasteiger partial charge in [-0.2, -0.15) is 0 Å². The molecule has 2 aliphatic rings. The SMILES string of the molecule is CN(C)CCCC[C@H](NC(=O)[C@@H](NC(=O)[C@@H](N)Cc1nc2ccc(Cl)cc2s1)C1CCCC1)C(=O)N[C@@H]1CCOc2ccccc21. The number of rotatable bonds is 14. The molecule has 0 bridgehead atoms. The Balaban J connectivity index is 1.27. The number of nitrogens with zero attached hydrogens (tertiary/aromatic N) is 2. The Labute approximate surface area is 279 Å². The maximum atomic E-state index is 13.9. The number of ether oxygens (including phenoxy) is 1. The van der Waals surface area contributed by atoms with E-state index in [1.165, 1.54) is 11.3 Å². The van der Waals surface area contributed by atoms with E-state index in [4.69, 9.17) is 22.1 Å². The van der Waals surface area contributed by atoms with Gasteiger partial charge in [0.15, 0.2) is 0 Å². The second kappa shape index (κ2) is 16.0. The summed E-state index contributed by atoms with van der Waals surface area (Å²) in [5.41, 5.74) is 8.10. The fourth-order valence-corrected chi connectivity index (χ4v) is 7.64. The van der Waals surface area contributed by atoms with Gasteiger partial charge in [0.25, 0.3) is 0 Å². The Bertz CT molecular complexity index is 1510. The number of fused-ring (bicyclic) bond motifs is 2. The number of hydrogen-bond donors (Lipinski definition) is 4. The van der Waals surface area contributed by atoms with Gasteiger partial charge in [0, 0.05) is 23.4 Å². The second-order valence-electron chi connectivity index (χ2n) is 12.7. The molecule has 0 saturated heterocycles. The Hall–Kier alpha value is -3.25. The number of carbonyl (C=O) groups is 3. The van der Waals surface area contributed by atoms with E-state index in [1.807, 2.05) is 50.5 Å². The quantitative estimate of drug-likeness (QED) is 0.187. The van der Waals surface area contributed by atoms with Crippen LogP contribution < -0.4 is 26.4 Å². The van der Waals surface area contributed by atoms with Crippen LogP contribution in [0.4, 0.5) is 0 Å². The van der Waals surface area contributed by atoms with E-state index >= 15 is 0 Å². The molecular formula is C34H45ClN6O4S. The molecule has 5 rings (SSSR count). The maximum Gasteiger partial charge on any atom is 0.243 e. The minimum atomic E-state index is -0.883. The van der Waals surface area contributed by atoms with Crippen LogP contribution in [0.1, 0.15) is 68.0 Å². The largest absolute Gasteiger partial charge is 0.493 e. The van der Waals surface area contributed by atoms with Gasteiger partial charge in [-0.25, -0.2) is 4.98 Å².